The van der Waals surface area contributed by atoms with Crippen molar-refractivity contribution < 1.29 is 9.90 Å². The number of hydrogen-bond acceptors (Lipinski definition) is 4. The largest absolute Gasteiger partial charge is 0.396 e. The number of carbonyl (C=O) groups excluding carboxylic acids is 1. The Morgan fingerprint density at radius 2 is 2.29 bits per heavy atom. The lowest BCUT2D eigenvalue weighted by molar-refractivity contribution is 0.0562. The second-order valence-electron chi connectivity index (χ2n) is 5.25. The van der Waals surface area contributed by atoms with Gasteiger partial charge in [-0.15, -0.1) is 0 Å². The van der Waals surface area contributed by atoms with Crippen molar-refractivity contribution in [3.63, 3.8) is 0 Å². The Morgan fingerprint density at radius 1 is 1.52 bits per heavy atom. The summed E-state index contributed by atoms with van der Waals surface area (Å²) in [4.78, 5) is 18.7. The Hall–Kier alpha value is -1.33. The molecule has 0 bridgehead atoms. The molecule has 21 heavy (non-hydrogen) atoms. The van der Waals surface area contributed by atoms with Crippen LogP contribution in [0.3, 0.4) is 0 Å². The van der Waals surface area contributed by atoms with Crippen LogP contribution in [0.2, 0.25) is 5.15 Å². The molecule has 1 aliphatic carbocycles. The average Bonchev–Trinajstić information content (AvgIpc) is 2.40. The van der Waals surface area contributed by atoms with E-state index in [-0.39, 0.29) is 12.5 Å². The first kappa shape index (κ1) is 16.0. The summed E-state index contributed by atoms with van der Waals surface area (Å²) in [5.74, 6) is 0.584. The highest BCUT2D eigenvalue weighted by Crippen LogP contribution is 2.27. The summed E-state index contributed by atoms with van der Waals surface area (Å²) in [6.45, 7) is 3.36. The van der Waals surface area contributed by atoms with Crippen molar-refractivity contribution in [3.8, 4) is 0 Å². The van der Waals surface area contributed by atoms with Crippen LogP contribution in [-0.2, 0) is 0 Å². The lowest BCUT2D eigenvalue weighted by Gasteiger charge is -2.37. The molecular weight excluding hydrogens is 290 g/mol. The molecule has 0 saturated heterocycles. The molecule has 1 fully saturated rings. The van der Waals surface area contributed by atoms with Gasteiger partial charge in [0.25, 0.3) is 5.91 Å². The lowest BCUT2D eigenvalue weighted by atomic mass is 9.91. The van der Waals surface area contributed by atoms with Crippen LogP contribution >= 0.6 is 11.6 Å². The molecule has 0 radical (unpaired) electrons. The monoisotopic (exact) mass is 311 g/mol. The van der Waals surface area contributed by atoms with E-state index in [1.165, 1.54) is 0 Å². The normalized spacial score (nSPS) is 14.6. The van der Waals surface area contributed by atoms with Crippen LogP contribution in [0.5, 0.6) is 0 Å². The zero-order chi connectivity index (χ0) is 15.2. The molecule has 2 N–H and O–H groups in total. The van der Waals surface area contributed by atoms with Crippen molar-refractivity contribution in [2.24, 2.45) is 0 Å². The van der Waals surface area contributed by atoms with Gasteiger partial charge in [-0.3, -0.25) is 4.79 Å². The van der Waals surface area contributed by atoms with Gasteiger partial charge in [-0.05, 0) is 44.7 Å². The first-order chi connectivity index (χ1) is 10.2. The third-order valence-corrected chi connectivity index (χ3v) is 3.93. The third kappa shape index (κ3) is 4.08. The highest BCUT2D eigenvalue weighted by Gasteiger charge is 2.29. The Morgan fingerprint density at radius 3 is 2.86 bits per heavy atom. The number of aromatic nitrogens is 1. The predicted molar refractivity (Wildman–Crippen MR) is 83.8 cm³/mol. The van der Waals surface area contributed by atoms with Gasteiger partial charge in [0, 0.05) is 31.3 Å². The van der Waals surface area contributed by atoms with Crippen LogP contribution in [0, 0.1) is 0 Å². The smallest absolute Gasteiger partial charge is 0.254 e. The van der Waals surface area contributed by atoms with E-state index >= 15 is 0 Å². The van der Waals surface area contributed by atoms with Crippen LogP contribution < -0.4 is 5.32 Å². The van der Waals surface area contributed by atoms with Crippen molar-refractivity contribution >= 4 is 23.3 Å². The Bertz CT molecular complexity index is 492. The molecule has 2 rings (SSSR count). The summed E-state index contributed by atoms with van der Waals surface area (Å²) in [7, 11) is 0. The summed E-state index contributed by atoms with van der Waals surface area (Å²) in [6, 6.07) is 3.64. The van der Waals surface area contributed by atoms with Crippen molar-refractivity contribution in [3.05, 3.63) is 22.8 Å². The van der Waals surface area contributed by atoms with Gasteiger partial charge in [-0.1, -0.05) is 11.6 Å². The fraction of sp³-hybridized carbons (Fsp3) is 0.600. The van der Waals surface area contributed by atoms with Crippen molar-refractivity contribution in [2.75, 3.05) is 25.0 Å². The summed E-state index contributed by atoms with van der Waals surface area (Å²) >= 11 is 6.00. The maximum Gasteiger partial charge on any atom is 0.254 e. The van der Waals surface area contributed by atoms with Crippen molar-refractivity contribution in [1.82, 2.24) is 9.88 Å². The molecule has 1 aromatic rings. The standard InChI is InChI=1S/C15H22ClN3O2/c1-2-17-14-10-11(9-13(16)18-14)15(21)19(7-4-8-20)12-5-3-6-12/h9-10,12,20H,2-8H2,1H3,(H,17,18). The number of carbonyl (C=O) groups is 1. The number of halogens is 1. The molecule has 1 aliphatic rings. The van der Waals surface area contributed by atoms with Gasteiger partial charge in [0.05, 0.1) is 0 Å². The first-order valence-electron chi connectivity index (χ1n) is 7.49. The predicted octanol–water partition coefficient (Wildman–Crippen LogP) is 2.54. The van der Waals surface area contributed by atoms with E-state index in [0.717, 1.165) is 25.8 Å². The number of nitrogens with zero attached hydrogens (tertiary/aromatic N) is 2. The summed E-state index contributed by atoms with van der Waals surface area (Å²) in [6.07, 6.45) is 3.83. The van der Waals surface area contributed by atoms with Gasteiger partial charge in [-0.2, -0.15) is 0 Å². The maximum atomic E-state index is 12.7. The third-order valence-electron chi connectivity index (χ3n) is 3.73. The quantitative estimate of drug-likeness (QED) is 0.760. The minimum atomic E-state index is -0.0309. The van der Waals surface area contributed by atoms with E-state index in [4.69, 9.17) is 16.7 Å². The van der Waals surface area contributed by atoms with Crippen LogP contribution in [0.25, 0.3) is 0 Å². The van der Waals surface area contributed by atoms with Gasteiger partial charge in [0.2, 0.25) is 0 Å². The van der Waals surface area contributed by atoms with E-state index in [1.807, 2.05) is 11.8 Å². The molecular formula is C15H22ClN3O2. The molecule has 0 atom stereocenters. The number of pyridine rings is 1. The maximum absolute atomic E-state index is 12.7. The fourth-order valence-electron chi connectivity index (χ4n) is 2.45. The zero-order valence-corrected chi connectivity index (χ0v) is 13.1. The lowest BCUT2D eigenvalue weighted by Crippen LogP contribution is -2.45. The molecule has 116 valence electrons. The molecule has 5 nitrogen and oxygen atoms in total. The molecule has 1 amide bonds. The van der Waals surface area contributed by atoms with Crippen LogP contribution in [0.4, 0.5) is 5.82 Å². The summed E-state index contributed by atoms with van der Waals surface area (Å²) < 4.78 is 0. The average molecular weight is 312 g/mol. The number of amides is 1. The minimum Gasteiger partial charge on any atom is -0.396 e. The number of aliphatic hydroxyl groups excluding tert-OH is 1. The summed E-state index contributed by atoms with van der Waals surface area (Å²) in [5.41, 5.74) is 0.552. The Labute approximate surface area is 130 Å². The molecule has 0 aliphatic heterocycles. The highest BCUT2D eigenvalue weighted by molar-refractivity contribution is 6.29. The van der Waals surface area contributed by atoms with E-state index < -0.39 is 0 Å². The number of aliphatic hydroxyl groups is 1. The summed E-state index contributed by atoms with van der Waals surface area (Å²) in [5, 5.41) is 12.4. The second kappa shape index (κ2) is 7.61. The van der Waals surface area contributed by atoms with Gasteiger partial charge < -0.3 is 15.3 Å². The van der Waals surface area contributed by atoms with Gasteiger partial charge in [0.1, 0.15) is 11.0 Å². The SMILES string of the molecule is CCNc1cc(C(=O)N(CCCO)C2CCC2)cc(Cl)n1. The number of rotatable bonds is 7. The van der Waals surface area contributed by atoms with Gasteiger partial charge >= 0.3 is 0 Å². The Kier molecular flexibility index (Phi) is 5.82. The molecule has 1 heterocycles. The first-order valence-corrected chi connectivity index (χ1v) is 7.86. The number of anilines is 1. The Balaban J connectivity index is 2.18. The van der Waals surface area contributed by atoms with Crippen LogP contribution in [0.15, 0.2) is 12.1 Å². The molecule has 0 spiro atoms. The molecule has 1 aromatic heterocycles. The topological polar surface area (TPSA) is 65.5 Å². The number of hydrogen-bond donors (Lipinski definition) is 2. The molecule has 0 aromatic carbocycles. The minimum absolute atomic E-state index is 0.0309. The van der Waals surface area contributed by atoms with E-state index in [0.29, 0.717) is 35.5 Å². The van der Waals surface area contributed by atoms with E-state index in [2.05, 4.69) is 10.3 Å². The van der Waals surface area contributed by atoms with Gasteiger partial charge in [-0.25, -0.2) is 4.98 Å². The van der Waals surface area contributed by atoms with Crippen molar-refractivity contribution in [1.29, 1.82) is 0 Å². The molecule has 6 heteroatoms. The number of nitrogens with one attached hydrogen (secondary N) is 1. The fourth-order valence-corrected chi connectivity index (χ4v) is 2.66. The van der Waals surface area contributed by atoms with Gasteiger partial charge in [0.15, 0.2) is 0 Å². The second-order valence-corrected chi connectivity index (χ2v) is 5.64. The van der Waals surface area contributed by atoms with Crippen LogP contribution in [-0.4, -0.2) is 46.6 Å². The highest BCUT2D eigenvalue weighted by atomic mass is 35.5. The van der Waals surface area contributed by atoms with Crippen molar-refractivity contribution in [2.45, 2.75) is 38.6 Å². The molecule has 1 saturated carbocycles. The zero-order valence-electron chi connectivity index (χ0n) is 12.3. The van der Waals surface area contributed by atoms with Crippen LogP contribution in [0.1, 0.15) is 43.0 Å². The van der Waals surface area contributed by atoms with E-state index in [1.54, 1.807) is 12.1 Å². The van der Waals surface area contributed by atoms with E-state index in [9.17, 15) is 4.79 Å². The molecule has 0 unspecified atom stereocenters.